The molecular weight excluding hydrogens is 382 g/mol. The van der Waals surface area contributed by atoms with E-state index >= 15 is 0 Å². The van der Waals surface area contributed by atoms with Crippen molar-refractivity contribution in [3.05, 3.63) is 11.1 Å². The molecule has 158 valence electrons. The number of carbonyl (C=O) groups excluding carboxylic acids is 1. The van der Waals surface area contributed by atoms with Gasteiger partial charge in [-0.05, 0) is 27.2 Å². The number of nitrogen functional groups attached to an aromatic ring is 2. The number of hydrogen-bond donors (Lipinski definition) is 2. The molecule has 2 aromatic rings. The Morgan fingerprint density at radius 3 is 2.33 bits per heavy atom. The minimum atomic E-state index is -0.0480. The Balaban J connectivity index is 2.00. The summed E-state index contributed by atoms with van der Waals surface area (Å²) in [5.74, 6) is 1.38. The molecule has 0 spiro atoms. The molecule has 0 bridgehead atoms. The third-order valence-corrected chi connectivity index (χ3v) is 5.95. The van der Waals surface area contributed by atoms with Crippen LogP contribution in [-0.2, 0) is 16.0 Å². The number of morpholine rings is 1. The lowest BCUT2D eigenvalue weighted by Crippen LogP contribution is -2.46. The van der Waals surface area contributed by atoms with Crippen molar-refractivity contribution in [3.63, 3.8) is 0 Å². The van der Waals surface area contributed by atoms with Crippen molar-refractivity contribution in [3.8, 4) is 6.07 Å². The molecule has 9 heteroatoms. The molecular formula is C21H27N7O2. The zero-order valence-electron chi connectivity index (χ0n) is 17.8. The number of anilines is 4. The number of amides is 1. The maximum Gasteiger partial charge on any atom is 0.232 e. The quantitative estimate of drug-likeness (QED) is 0.786. The van der Waals surface area contributed by atoms with Crippen molar-refractivity contribution >= 4 is 40.0 Å². The lowest BCUT2D eigenvalue weighted by atomic mass is 10.00. The molecule has 9 nitrogen and oxygen atoms in total. The zero-order chi connectivity index (χ0) is 21.7. The first-order valence-corrected chi connectivity index (χ1v) is 10.3. The molecule has 0 aliphatic carbocycles. The number of fused-ring (bicyclic) bond motifs is 3. The Morgan fingerprint density at radius 1 is 1.17 bits per heavy atom. The van der Waals surface area contributed by atoms with Gasteiger partial charge in [-0.3, -0.25) is 9.69 Å². The first-order chi connectivity index (χ1) is 14.3. The second-order valence-corrected chi connectivity index (χ2v) is 8.22. The summed E-state index contributed by atoms with van der Waals surface area (Å²) in [6, 6.07) is 2.29. The van der Waals surface area contributed by atoms with Gasteiger partial charge in [-0.1, -0.05) is 6.92 Å². The largest absolute Gasteiger partial charge is 0.383 e. The molecule has 1 fully saturated rings. The van der Waals surface area contributed by atoms with Crippen LogP contribution in [0.15, 0.2) is 0 Å². The molecule has 3 atom stereocenters. The Morgan fingerprint density at radius 2 is 1.77 bits per heavy atom. The summed E-state index contributed by atoms with van der Waals surface area (Å²) in [6.45, 7) is 9.16. The van der Waals surface area contributed by atoms with E-state index in [1.54, 1.807) is 4.90 Å². The predicted octanol–water partition coefficient (Wildman–Crippen LogP) is 1.97. The summed E-state index contributed by atoms with van der Waals surface area (Å²) in [5.41, 5.74) is 13.7. The molecule has 0 aromatic carbocycles. The summed E-state index contributed by atoms with van der Waals surface area (Å²) in [4.78, 5) is 25.6. The number of aromatic nitrogens is 2. The van der Waals surface area contributed by atoms with Crippen molar-refractivity contribution < 1.29 is 9.53 Å². The van der Waals surface area contributed by atoms with Crippen LogP contribution in [0.3, 0.4) is 0 Å². The monoisotopic (exact) mass is 409 g/mol. The van der Waals surface area contributed by atoms with Crippen LogP contribution < -0.4 is 21.3 Å². The van der Waals surface area contributed by atoms with Gasteiger partial charge in [0.15, 0.2) is 0 Å². The van der Waals surface area contributed by atoms with Crippen molar-refractivity contribution in [1.29, 1.82) is 5.26 Å². The van der Waals surface area contributed by atoms with Gasteiger partial charge in [-0.2, -0.15) is 5.26 Å². The molecule has 1 saturated heterocycles. The Hall–Kier alpha value is -3.12. The predicted molar refractivity (Wildman–Crippen MR) is 116 cm³/mol. The van der Waals surface area contributed by atoms with E-state index in [9.17, 15) is 10.1 Å². The average Bonchev–Trinajstić information content (AvgIpc) is 3.01. The number of rotatable bonds is 3. The SMILES string of the molecule is CC[C@H](C)N1C(=O)Cc2c1nc(N)c1c(N)nc(N3C[C@@H](C)O[C@H](C)C3)c(C#N)c21. The van der Waals surface area contributed by atoms with Crippen molar-refractivity contribution in [2.45, 2.75) is 58.8 Å². The zero-order valence-corrected chi connectivity index (χ0v) is 17.8. The van der Waals surface area contributed by atoms with Crippen LogP contribution >= 0.6 is 0 Å². The number of hydrogen-bond acceptors (Lipinski definition) is 8. The second-order valence-electron chi connectivity index (χ2n) is 8.22. The van der Waals surface area contributed by atoms with Crippen LogP contribution in [0, 0.1) is 11.3 Å². The number of nitrogens with two attached hydrogens (primary N) is 2. The van der Waals surface area contributed by atoms with Gasteiger partial charge < -0.3 is 21.1 Å². The molecule has 2 aromatic heterocycles. The maximum absolute atomic E-state index is 12.8. The van der Waals surface area contributed by atoms with Crippen LogP contribution in [0.1, 0.15) is 45.2 Å². The highest BCUT2D eigenvalue weighted by Gasteiger charge is 2.36. The molecule has 0 saturated carbocycles. The first kappa shape index (κ1) is 20.2. The van der Waals surface area contributed by atoms with E-state index < -0.39 is 0 Å². The lowest BCUT2D eigenvalue weighted by Gasteiger charge is -2.36. The third-order valence-electron chi connectivity index (χ3n) is 5.95. The van der Waals surface area contributed by atoms with E-state index in [2.05, 4.69) is 16.0 Å². The molecule has 2 aliphatic heterocycles. The van der Waals surface area contributed by atoms with Gasteiger partial charge in [-0.15, -0.1) is 0 Å². The van der Waals surface area contributed by atoms with Gasteiger partial charge >= 0.3 is 0 Å². The number of nitrogens with zero attached hydrogens (tertiary/aromatic N) is 5. The number of pyridine rings is 2. The maximum atomic E-state index is 12.8. The molecule has 30 heavy (non-hydrogen) atoms. The standard InChI is InChI=1S/C21H27N7O2/c1-5-10(2)28-15(29)6-13-16-14(7-22)20(27-8-11(3)30-12(4)9-27)25-18(23)17(16)19(24)26-21(13)28/h10-12H,5-6,8-9H2,1-4H3,(H2,23,25)(H2,24,26)/t10-,11+,12+/m0/s1. The van der Waals surface area contributed by atoms with E-state index in [4.69, 9.17) is 16.2 Å². The highest BCUT2D eigenvalue weighted by Crippen LogP contribution is 2.42. The van der Waals surface area contributed by atoms with E-state index in [0.29, 0.717) is 46.6 Å². The minimum Gasteiger partial charge on any atom is -0.383 e. The van der Waals surface area contributed by atoms with E-state index in [0.717, 1.165) is 6.42 Å². The summed E-state index contributed by atoms with van der Waals surface area (Å²) in [6.07, 6.45) is 0.935. The van der Waals surface area contributed by atoms with Crippen LogP contribution in [0.4, 0.5) is 23.3 Å². The van der Waals surface area contributed by atoms with E-state index in [-0.39, 0.29) is 42.2 Å². The van der Waals surface area contributed by atoms with Gasteiger partial charge in [0.05, 0.1) is 24.0 Å². The highest BCUT2D eigenvalue weighted by atomic mass is 16.5. The van der Waals surface area contributed by atoms with Crippen LogP contribution in [0.2, 0.25) is 0 Å². The van der Waals surface area contributed by atoms with Gasteiger partial charge in [-0.25, -0.2) is 9.97 Å². The number of nitriles is 1. The van der Waals surface area contributed by atoms with E-state index in [1.807, 2.05) is 32.6 Å². The fraction of sp³-hybridized carbons (Fsp3) is 0.524. The van der Waals surface area contributed by atoms with E-state index in [1.165, 1.54) is 0 Å². The van der Waals surface area contributed by atoms with Crippen LogP contribution in [0.5, 0.6) is 0 Å². The summed E-state index contributed by atoms with van der Waals surface area (Å²) < 4.78 is 5.82. The van der Waals surface area contributed by atoms with Gasteiger partial charge in [0.1, 0.15) is 34.9 Å². The van der Waals surface area contributed by atoms with Gasteiger partial charge in [0, 0.05) is 30.1 Å². The summed E-state index contributed by atoms with van der Waals surface area (Å²) >= 11 is 0. The molecule has 2 aliphatic rings. The number of ether oxygens (including phenoxy) is 1. The van der Waals surface area contributed by atoms with Crippen LogP contribution in [0.25, 0.3) is 10.8 Å². The molecule has 4 rings (SSSR count). The third kappa shape index (κ3) is 2.99. The minimum absolute atomic E-state index is 0.00490. The molecule has 4 N–H and O–H groups in total. The number of carbonyl (C=O) groups is 1. The molecule has 0 unspecified atom stereocenters. The van der Waals surface area contributed by atoms with Gasteiger partial charge in [0.2, 0.25) is 5.91 Å². The fourth-order valence-corrected chi connectivity index (χ4v) is 4.55. The van der Waals surface area contributed by atoms with Gasteiger partial charge in [0.25, 0.3) is 0 Å². The van der Waals surface area contributed by atoms with Crippen molar-refractivity contribution in [2.75, 3.05) is 34.4 Å². The first-order valence-electron chi connectivity index (χ1n) is 10.3. The molecule has 1 amide bonds. The average molecular weight is 409 g/mol. The highest BCUT2D eigenvalue weighted by molar-refractivity contribution is 6.13. The fourth-order valence-electron chi connectivity index (χ4n) is 4.55. The van der Waals surface area contributed by atoms with Crippen LogP contribution in [-0.4, -0.2) is 47.2 Å². The Labute approximate surface area is 175 Å². The summed E-state index contributed by atoms with van der Waals surface area (Å²) in [5, 5.41) is 11.2. The molecule has 4 heterocycles. The normalized spacial score (nSPS) is 22.3. The Kier molecular flexibility index (Phi) is 4.90. The van der Waals surface area contributed by atoms with Crippen molar-refractivity contribution in [2.24, 2.45) is 0 Å². The second kappa shape index (κ2) is 7.29. The topological polar surface area (TPSA) is 134 Å². The smallest absolute Gasteiger partial charge is 0.232 e. The molecule has 0 radical (unpaired) electrons. The summed E-state index contributed by atoms with van der Waals surface area (Å²) in [7, 11) is 0. The Bertz CT molecular complexity index is 1070. The lowest BCUT2D eigenvalue weighted by molar-refractivity contribution is -0.117. The van der Waals surface area contributed by atoms with Crippen molar-refractivity contribution in [1.82, 2.24) is 9.97 Å².